The van der Waals surface area contributed by atoms with Gasteiger partial charge in [0.05, 0.1) is 53.5 Å². The van der Waals surface area contributed by atoms with Gasteiger partial charge in [0, 0.05) is 26.0 Å². The Bertz CT molecular complexity index is 1700. The first-order chi connectivity index (χ1) is 24.3. The number of amides is 1. The number of carboxylic acid groups (broad SMARTS) is 1. The van der Waals surface area contributed by atoms with Gasteiger partial charge in [-0.15, -0.1) is 0 Å². The van der Waals surface area contributed by atoms with Crippen LogP contribution in [0.4, 0.5) is 55.9 Å². The first-order valence-electron chi connectivity index (χ1n) is 15.7. The third-order valence-corrected chi connectivity index (χ3v) is 7.99. The van der Waals surface area contributed by atoms with E-state index in [2.05, 4.69) is 15.3 Å². The number of aliphatic carboxylic acids is 1. The molecule has 0 unspecified atom stereocenters. The predicted octanol–water partition coefficient (Wildman–Crippen LogP) is 8.29. The van der Waals surface area contributed by atoms with Crippen molar-refractivity contribution in [1.29, 1.82) is 0 Å². The van der Waals surface area contributed by atoms with Crippen LogP contribution in [0, 0.1) is 0 Å². The number of nitrogens with one attached hydrogen (secondary N) is 1. The Kier molecular flexibility index (Phi) is 12.5. The van der Waals surface area contributed by atoms with Crippen LogP contribution < -0.4 is 15.0 Å². The molecule has 0 aliphatic carbocycles. The van der Waals surface area contributed by atoms with Crippen molar-refractivity contribution >= 4 is 23.7 Å². The van der Waals surface area contributed by atoms with Gasteiger partial charge in [0.2, 0.25) is 5.95 Å². The molecule has 19 heteroatoms. The van der Waals surface area contributed by atoms with Gasteiger partial charge in [-0.3, -0.25) is 9.69 Å². The minimum atomic E-state index is -5.11. The van der Waals surface area contributed by atoms with Gasteiger partial charge < -0.3 is 24.6 Å². The lowest BCUT2D eigenvalue weighted by molar-refractivity contribution is -0.143. The Labute approximate surface area is 290 Å². The number of methoxy groups -OCH3 is 1. The number of hydrogen-bond donors (Lipinski definition) is 2. The molecule has 0 spiro atoms. The highest BCUT2D eigenvalue weighted by atomic mass is 19.4. The third-order valence-electron chi connectivity index (χ3n) is 7.99. The number of benzene rings is 2. The molecule has 2 N–H and O–H groups in total. The second-order valence-electron chi connectivity index (χ2n) is 11.7. The van der Waals surface area contributed by atoms with Crippen molar-refractivity contribution in [2.24, 2.45) is 0 Å². The van der Waals surface area contributed by atoms with Crippen molar-refractivity contribution in [1.82, 2.24) is 9.97 Å². The van der Waals surface area contributed by atoms with Crippen LogP contribution in [-0.2, 0) is 39.2 Å². The molecule has 0 saturated carbocycles. The zero-order valence-electron chi connectivity index (χ0n) is 27.6. The van der Waals surface area contributed by atoms with E-state index in [1.165, 1.54) is 12.0 Å². The number of carbonyl (C=O) groups is 2. The summed E-state index contributed by atoms with van der Waals surface area (Å²) in [5, 5.41) is 11.8. The number of carbonyl (C=O) groups excluding carboxylic acids is 1. The molecule has 0 radical (unpaired) electrons. The van der Waals surface area contributed by atoms with Crippen LogP contribution in [0.2, 0.25) is 0 Å². The van der Waals surface area contributed by atoms with Crippen molar-refractivity contribution in [3.8, 4) is 5.75 Å². The van der Waals surface area contributed by atoms with Crippen LogP contribution in [0.15, 0.2) is 42.6 Å². The third kappa shape index (κ3) is 10.2. The molecule has 0 saturated heterocycles. The van der Waals surface area contributed by atoms with E-state index in [4.69, 9.17) is 19.3 Å². The van der Waals surface area contributed by atoms with Gasteiger partial charge in [0.15, 0.2) is 5.75 Å². The number of fused-ring (bicyclic) bond motifs is 1. The van der Waals surface area contributed by atoms with Crippen LogP contribution in [0.1, 0.15) is 72.2 Å². The molecule has 2 heterocycles. The number of hydrogen-bond acceptors (Lipinski definition) is 8. The molecule has 4 rings (SSSR count). The lowest BCUT2D eigenvalue weighted by Crippen LogP contribution is -2.46. The highest BCUT2D eigenvalue weighted by molar-refractivity contribution is 5.90. The van der Waals surface area contributed by atoms with Crippen LogP contribution in [0.25, 0.3) is 0 Å². The van der Waals surface area contributed by atoms with E-state index in [0.717, 1.165) is 24.4 Å². The number of nitrogens with zero attached hydrogens (tertiary/aromatic N) is 3. The van der Waals surface area contributed by atoms with Crippen LogP contribution in [0.5, 0.6) is 5.75 Å². The predicted molar refractivity (Wildman–Crippen MR) is 166 cm³/mol. The fraction of sp³-hybridized carbons (Fsp3) is 0.455. The minimum Gasteiger partial charge on any atom is -0.488 e. The SMILES string of the molecule is CC[C@@H]1C[C@H](Nc2ncc(OCCOC)c(Cc3cc(C(F)(F)F)cc(C(F)(F)F)c3)n2)c2cc(C(F)(F)F)ccc2N1C(=O)OCCCC(=O)O. The molecule has 3 aromatic rings. The average molecular weight is 753 g/mol. The second kappa shape index (κ2) is 16.2. The molecule has 1 amide bonds. The molecule has 1 aliphatic heterocycles. The Morgan fingerprint density at radius 1 is 0.923 bits per heavy atom. The van der Waals surface area contributed by atoms with Gasteiger partial charge in [-0.25, -0.2) is 14.8 Å². The maximum absolute atomic E-state index is 13.9. The normalized spacial score (nSPS) is 16.3. The molecule has 2 aromatic carbocycles. The van der Waals surface area contributed by atoms with E-state index >= 15 is 0 Å². The molecule has 10 nitrogen and oxygen atoms in total. The highest BCUT2D eigenvalue weighted by Gasteiger charge is 2.40. The van der Waals surface area contributed by atoms with E-state index in [-0.39, 0.29) is 73.8 Å². The van der Waals surface area contributed by atoms with Gasteiger partial charge in [-0.05, 0) is 66.8 Å². The van der Waals surface area contributed by atoms with Gasteiger partial charge in [0.25, 0.3) is 0 Å². The average Bonchev–Trinajstić information content (AvgIpc) is 3.05. The van der Waals surface area contributed by atoms with Crippen molar-refractivity contribution in [3.63, 3.8) is 0 Å². The number of rotatable bonds is 13. The maximum atomic E-state index is 13.9. The zero-order chi connectivity index (χ0) is 38.4. The summed E-state index contributed by atoms with van der Waals surface area (Å²) in [5.41, 5.74) is -4.64. The molecule has 284 valence electrons. The molecule has 1 aliphatic rings. The monoisotopic (exact) mass is 752 g/mol. The lowest BCUT2D eigenvalue weighted by atomic mass is 9.89. The van der Waals surface area contributed by atoms with Gasteiger partial charge in [0.1, 0.15) is 6.61 Å². The van der Waals surface area contributed by atoms with Crippen molar-refractivity contribution in [3.05, 3.63) is 76.1 Å². The standard InChI is InChI=1S/C33H33F9N4O6/c1-3-22-16-24(23-15-19(31(34,35)36)6-7-26(23)46(22)30(49)52-8-4-5-28(47)48)44-29-43-17-27(51-10-9-50-2)25(45-29)13-18-11-20(32(37,38)39)14-21(12-18)33(40,41)42/h6-7,11-12,14-15,17,22,24H,3-5,8-10,13,16H2,1-2H3,(H,47,48)(H,43,44,45)/t22-,24+/m1/s1. The Balaban J connectivity index is 1.74. The van der Waals surface area contributed by atoms with E-state index in [0.29, 0.717) is 18.6 Å². The number of halogens is 9. The lowest BCUT2D eigenvalue weighted by Gasteiger charge is -2.40. The summed E-state index contributed by atoms with van der Waals surface area (Å²) in [4.78, 5) is 33.7. The summed E-state index contributed by atoms with van der Waals surface area (Å²) < 4.78 is 139. The van der Waals surface area contributed by atoms with Crippen LogP contribution in [0.3, 0.4) is 0 Å². The summed E-state index contributed by atoms with van der Waals surface area (Å²) >= 11 is 0. The largest absolute Gasteiger partial charge is 0.488 e. The summed E-state index contributed by atoms with van der Waals surface area (Å²) in [6.07, 6.45) is -15.4. The molecule has 52 heavy (non-hydrogen) atoms. The molecule has 1 aromatic heterocycles. The highest BCUT2D eigenvalue weighted by Crippen LogP contribution is 2.43. The summed E-state index contributed by atoms with van der Waals surface area (Å²) in [6, 6.07) is 2.13. The summed E-state index contributed by atoms with van der Waals surface area (Å²) in [5.74, 6) is -1.45. The number of anilines is 2. The first kappa shape index (κ1) is 40.0. The van der Waals surface area contributed by atoms with Crippen LogP contribution >= 0.6 is 0 Å². The molecule has 0 fully saturated rings. The quantitative estimate of drug-likeness (QED) is 0.131. The fourth-order valence-electron chi connectivity index (χ4n) is 5.54. The van der Waals surface area contributed by atoms with Gasteiger partial charge >= 0.3 is 30.6 Å². The maximum Gasteiger partial charge on any atom is 0.416 e. The second-order valence-corrected chi connectivity index (χ2v) is 11.7. The van der Waals surface area contributed by atoms with Crippen molar-refractivity contribution in [2.45, 2.75) is 69.6 Å². The number of ether oxygens (including phenoxy) is 3. The molecular weight excluding hydrogens is 719 g/mol. The minimum absolute atomic E-state index is 0.00137. The molecule has 0 bridgehead atoms. The zero-order valence-corrected chi connectivity index (χ0v) is 27.6. The number of alkyl halides is 9. The Morgan fingerprint density at radius 3 is 2.15 bits per heavy atom. The fourth-order valence-corrected chi connectivity index (χ4v) is 5.54. The topological polar surface area (TPSA) is 123 Å². The van der Waals surface area contributed by atoms with E-state index in [9.17, 15) is 49.1 Å². The number of carboxylic acids is 1. The molecular formula is C33H33F9N4O6. The Morgan fingerprint density at radius 2 is 1.58 bits per heavy atom. The molecule has 2 atom stereocenters. The van der Waals surface area contributed by atoms with Crippen molar-refractivity contribution < 1.29 is 68.4 Å². The number of aromatic nitrogens is 2. The summed E-state index contributed by atoms with van der Waals surface area (Å²) in [7, 11) is 1.37. The first-order valence-corrected chi connectivity index (χ1v) is 15.7. The van der Waals surface area contributed by atoms with E-state index in [1.54, 1.807) is 6.92 Å². The van der Waals surface area contributed by atoms with Crippen molar-refractivity contribution in [2.75, 3.05) is 37.1 Å². The van der Waals surface area contributed by atoms with E-state index < -0.39 is 71.3 Å². The smallest absolute Gasteiger partial charge is 0.416 e. The Hall–Kier alpha value is -4.81. The van der Waals surface area contributed by atoms with Gasteiger partial charge in [-0.2, -0.15) is 39.5 Å². The summed E-state index contributed by atoms with van der Waals surface area (Å²) in [6.45, 7) is 1.42. The van der Waals surface area contributed by atoms with Crippen LogP contribution in [-0.4, -0.2) is 60.1 Å². The van der Waals surface area contributed by atoms with Gasteiger partial charge in [-0.1, -0.05) is 6.92 Å². The van der Waals surface area contributed by atoms with E-state index in [1.807, 2.05) is 0 Å².